The zero-order valence-electron chi connectivity index (χ0n) is 15.2. The van der Waals surface area contributed by atoms with Crippen molar-refractivity contribution in [3.63, 3.8) is 0 Å². The van der Waals surface area contributed by atoms with E-state index in [1.165, 1.54) is 5.57 Å². The number of carbonyl (C=O) groups excluding carboxylic acids is 1. The second-order valence-corrected chi connectivity index (χ2v) is 7.21. The van der Waals surface area contributed by atoms with Crippen molar-refractivity contribution in [1.29, 1.82) is 0 Å². The number of amides is 1. The Labute approximate surface area is 153 Å². The first kappa shape index (κ1) is 17.4. The summed E-state index contributed by atoms with van der Waals surface area (Å²) in [4.78, 5) is 23.7. The zero-order valence-corrected chi connectivity index (χ0v) is 15.2. The lowest BCUT2D eigenvalue weighted by molar-refractivity contribution is -0.0739. The SMILES string of the molecule is CNc1ncc(C(=O)N2CCC[C@@]3(C4=CCOCC4)COCC[C@H]23)cn1. The maximum absolute atomic E-state index is 13.2. The molecule has 2 fully saturated rings. The first-order valence-electron chi connectivity index (χ1n) is 9.40. The molecular weight excluding hydrogens is 332 g/mol. The fourth-order valence-electron chi connectivity index (χ4n) is 4.66. The fourth-order valence-corrected chi connectivity index (χ4v) is 4.66. The van der Waals surface area contributed by atoms with E-state index in [0.717, 1.165) is 38.8 Å². The number of nitrogens with one attached hydrogen (secondary N) is 1. The Morgan fingerprint density at radius 3 is 2.88 bits per heavy atom. The molecule has 0 unspecified atom stereocenters. The van der Waals surface area contributed by atoms with Crippen LogP contribution in [0.1, 0.15) is 36.0 Å². The van der Waals surface area contributed by atoms with Gasteiger partial charge in [-0.3, -0.25) is 4.79 Å². The summed E-state index contributed by atoms with van der Waals surface area (Å²) in [5, 5.41) is 2.88. The number of hydrogen-bond acceptors (Lipinski definition) is 6. The molecule has 26 heavy (non-hydrogen) atoms. The van der Waals surface area contributed by atoms with Crippen molar-refractivity contribution in [1.82, 2.24) is 14.9 Å². The van der Waals surface area contributed by atoms with E-state index in [1.54, 1.807) is 19.4 Å². The smallest absolute Gasteiger partial charge is 0.257 e. The topological polar surface area (TPSA) is 76.6 Å². The molecule has 1 N–H and O–H groups in total. The van der Waals surface area contributed by atoms with Gasteiger partial charge in [-0.15, -0.1) is 0 Å². The summed E-state index contributed by atoms with van der Waals surface area (Å²) in [5.41, 5.74) is 1.89. The Morgan fingerprint density at radius 2 is 2.15 bits per heavy atom. The van der Waals surface area contributed by atoms with Crippen LogP contribution in [-0.4, -0.2) is 66.8 Å². The number of ether oxygens (including phenoxy) is 2. The van der Waals surface area contributed by atoms with Gasteiger partial charge in [0.2, 0.25) is 5.95 Å². The number of rotatable bonds is 3. The largest absolute Gasteiger partial charge is 0.380 e. The van der Waals surface area contributed by atoms with Gasteiger partial charge in [-0.25, -0.2) is 9.97 Å². The van der Waals surface area contributed by atoms with Crippen LogP contribution in [0.2, 0.25) is 0 Å². The average Bonchev–Trinajstić information content (AvgIpc) is 2.73. The fraction of sp³-hybridized carbons (Fsp3) is 0.632. The van der Waals surface area contributed by atoms with Crippen LogP contribution in [0.25, 0.3) is 0 Å². The van der Waals surface area contributed by atoms with Crippen molar-refractivity contribution in [2.45, 2.75) is 31.7 Å². The molecule has 2 saturated heterocycles. The first-order valence-corrected chi connectivity index (χ1v) is 9.40. The Morgan fingerprint density at radius 1 is 1.31 bits per heavy atom. The van der Waals surface area contributed by atoms with Gasteiger partial charge in [-0.05, 0) is 25.7 Å². The van der Waals surface area contributed by atoms with Crippen LogP contribution in [0, 0.1) is 5.41 Å². The molecule has 7 heteroatoms. The summed E-state index contributed by atoms with van der Waals surface area (Å²) in [6.45, 7) is 3.60. The number of anilines is 1. The van der Waals surface area contributed by atoms with Crippen LogP contribution < -0.4 is 5.32 Å². The molecule has 1 amide bonds. The maximum atomic E-state index is 13.2. The van der Waals surface area contributed by atoms with Gasteiger partial charge in [0.1, 0.15) is 0 Å². The van der Waals surface area contributed by atoms with Gasteiger partial charge < -0.3 is 19.7 Å². The van der Waals surface area contributed by atoms with Gasteiger partial charge >= 0.3 is 0 Å². The highest BCUT2D eigenvalue weighted by Crippen LogP contribution is 2.48. The van der Waals surface area contributed by atoms with Gasteiger partial charge in [-0.2, -0.15) is 0 Å². The summed E-state index contributed by atoms with van der Waals surface area (Å²) < 4.78 is 11.4. The average molecular weight is 358 g/mol. The molecule has 0 bridgehead atoms. The Hall–Kier alpha value is -1.99. The minimum Gasteiger partial charge on any atom is -0.380 e. The first-order chi connectivity index (χ1) is 12.7. The molecular formula is C19H26N4O3. The highest BCUT2D eigenvalue weighted by Gasteiger charge is 2.50. The number of piperidine rings is 1. The molecule has 3 aliphatic rings. The summed E-state index contributed by atoms with van der Waals surface area (Å²) in [7, 11) is 1.76. The number of likely N-dealkylation sites (tertiary alicyclic amines) is 1. The lowest BCUT2D eigenvalue weighted by atomic mass is 9.65. The summed E-state index contributed by atoms with van der Waals surface area (Å²) in [6, 6.07) is 0.172. The number of carbonyl (C=O) groups is 1. The third-order valence-electron chi connectivity index (χ3n) is 5.92. The molecule has 1 aromatic rings. The van der Waals surface area contributed by atoms with E-state index >= 15 is 0 Å². The molecule has 7 nitrogen and oxygen atoms in total. The van der Waals surface area contributed by atoms with E-state index in [4.69, 9.17) is 9.47 Å². The van der Waals surface area contributed by atoms with Gasteiger partial charge in [0.25, 0.3) is 5.91 Å². The van der Waals surface area contributed by atoms with Crippen LogP contribution in [0.15, 0.2) is 24.0 Å². The normalized spacial score (nSPS) is 28.9. The minimum absolute atomic E-state index is 0.0243. The van der Waals surface area contributed by atoms with Gasteiger partial charge in [0, 0.05) is 44.0 Å². The minimum atomic E-state index is -0.0677. The Bertz CT molecular complexity index is 687. The molecule has 2 atom stereocenters. The van der Waals surface area contributed by atoms with Crippen LogP contribution in [0.3, 0.4) is 0 Å². The van der Waals surface area contributed by atoms with E-state index in [9.17, 15) is 4.79 Å². The van der Waals surface area contributed by atoms with E-state index in [-0.39, 0.29) is 17.4 Å². The van der Waals surface area contributed by atoms with E-state index in [2.05, 4.69) is 21.4 Å². The van der Waals surface area contributed by atoms with Gasteiger partial charge in [-0.1, -0.05) is 11.6 Å². The van der Waals surface area contributed by atoms with Gasteiger partial charge in [0.15, 0.2) is 0 Å². The van der Waals surface area contributed by atoms with Crippen molar-refractivity contribution >= 4 is 11.9 Å². The van der Waals surface area contributed by atoms with Crippen LogP contribution in [-0.2, 0) is 9.47 Å². The highest BCUT2D eigenvalue weighted by molar-refractivity contribution is 5.94. The second kappa shape index (κ2) is 7.32. The molecule has 1 aromatic heterocycles. The summed E-state index contributed by atoms with van der Waals surface area (Å²) in [6.07, 6.45) is 9.31. The molecule has 140 valence electrons. The van der Waals surface area contributed by atoms with Crippen LogP contribution in [0.5, 0.6) is 0 Å². The molecule has 3 aliphatic heterocycles. The quantitative estimate of drug-likeness (QED) is 0.832. The van der Waals surface area contributed by atoms with Crippen molar-refractivity contribution < 1.29 is 14.3 Å². The lowest BCUT2D eigenvalue weighted by Crippen LogP contribution is -2.59. The zero-order chi connectivity index (χ0) is 18.0. The summed E-state index contributed by atoms with van der Waals surface area (Å²) in [5.74, 6) is 0.546. The Balaban J connectivity index is 1.63. The van der Waals surface area contributed by atoms with Crippen molar-refractivity contribution in [3.05, 3.63) is 29.6 Å². The van der Waals surface area contributed by atoms with Crippen molar-refractivity contribution in [2.75, 3.05) is 45.3 Å². The molecule has 0 spiro atoms. The van der Waals surface area contributed by atoms with Crippen molar-refractivity contribution in [3.8, 4) is 0 Å². The third kappa shape index (κ3) is 2.99. The standard InChI is InChI=1S/C19H26N4O3/c1-20-18-21-11-14(12-22-18)17(24)23-7-2-6-19(13-26-10-5-16(19)23)15-3-8-25-9-4-15/h3,11-12,16H,2,4-10,13H2,1H3,(H,20,21,22)/t16-,19-/m0/s1. The van der Waals surface area contributed by atoms with Crippen LogP contribution >= 0.6 is 0 Å². The number of aromatic nitrogens is 2. The number of hydrogen-bond donors (Lipinski definition) is 1. The molecule has 0 aromatic carbocycles. The van der Waals surface area contributed by atoms with Crippen LogP contribution in [0.4, 0.5) is 5.95 Å². The third-order valence-corrected chi connectivity index (χ3v) is 5.92. The van der Waals surface area contributed by atoms with Gasteiger partial charge in [0.05, 0.1) is 25.4 Å². The molecule has 4 rings (SSSR count). The van der Waals surface area contributed by atoms with Crippen molar-refractivity contribution in [2.24, 2.45) is 5.41 Å². The van der Waals surface area contributed by atoms with E-state index < -0.39 is 0 Å². The number of fused-ring (bicyclic) bond motifs is 1. The molecule has 0 aliphatic carbocycles. The second-order valence-electron chi connectivity index (χ2n) is 7.21. The monoisotopic (exact) mass is 358 g/mol. The lowest BCUT2D eigenvalue weighted by Gasteiger charge is -2.54. The highest BCUT2D eigenvalue weighted by atomic mass is 16.5. The van der Waals surface area contributed by atoms with E-state index in [1.807, 2.05) is 4.90 Å². The maximum Gasteiger partial charge on any atom is 0.257 e. The Kier molecular flexibility index (Phi) is 4.91. The summed E-state index contributed by atoms with van der Waals surface area (Å²) >= 11 is 0. The predicted molar refractivity (Wildman–Crippen MR) is 97.0 cm³/mol. The molecule has 4 heterocycles. The molecule has 0 radical (unpaired) electrons. The molecule has 0 saturated carbocycles. The predicted octanol–water partition coefficient (Wildman–Crippen LogP) is 1.88. The number of nitrogens with zero attached hydrogens (tertiary/aromatic N) is 3. The van der Waals surface area contributed by atoms with E-state index in [0.29, 0.717) is 31.3 Å².